The molecule has 0 aliphatic carbocycles. The van der Waals surface area contributed by atoms with Crippen LogP contribution in [0.3, 0.4) is 0 Å². The van der Waals surface area contributed by atoms with Crippen LogP contribution in [0, 0.1) is 0 Å². The smallest absolute Gasteiger partial charge is 0.255 e. The summed E-state index contributed by atoms with van der Waals surface area (Å²) in [5.74, 6) is -0.120. The third-order valence-electron chi connectivity index (χ3n) is 4.30. The van der Waals surface area contributed by atoms with Gasteiger partial charge in [0.15, 0.2) is 0 Å². The first-order chi connectivity index (χ1) is 13.0. The van der Waals surface area contributed by atoms with Crippen LogP contribution in [-0.2, 0) is 6.54 Å². The standard InChI is InChI=1S/C22H20Cl2N2O/c1-15(18-11-12-20(23)21(24)13-18)25-14-16-7-9-17(10-8-16)22(27)26-19-5-3-2-4-6-19/h2-13,15,25H,14H2,1H3,(H,26,27)/t15-/m0/s1. The molecule has 2 N–H and O–H groups in total. The number of carbonyl (C=O) groups excluding carboxylic acids is 1. The van der Waals surface area contributed by atoms with E-state index in [0.717, 1.165) is 16.8 Å². The number of hydrogen-bond acceptors (Lipinski definition) is 2. The van der Waals surface area contributed by atoms with Crippen molar-refractivity contribution in [2.75, 3.05) is 5.32 Å². The van der Waals surface area contributed by atoms with Crippen LogP contribution in [0.4, 0.5) is 5.69 Å². The fraction of sp³-hybridized carbons (Fsp3) is 0.136. The number of nitrogens with one attached hydrogen (secondary N) is 2. The van der Waals surface area contributed by atoms with Crippen molar-refractivity contribution in [1.82, 2.24) is 5.32 Å². The average Bonchev–Trinajstić information content (AvgIpc) is 2.69. The van der Waals surface area contributed by atoms with E-state index in [9.17, 15) is 4.79 Å². The van der Waals surface area contributed by atoms with Gasteiger partial charge in [0.05, 0.1) is 10.0 Å². The number of anilines is 1. The predicted octanol–water partition coefficient (Wildman–Crippen LogP) is 6.10. The molecule has 3 aromatic rings. The Kier molecular flexibility index (Phi) is 6.51. The summed E-state index contributed by atoms with van der Waals surface area (Å²) in [6.07, 6.45) is 0. The Balaban J connectivity index is 1.57. The Morgan fingerprint density at radius 3 is 2.30 bits per heavy atom. The Labute approximate surface area is 169 Å². The molecule has 0 fully saturated rings. The Morgan fingerprint density at radius 2 is 1.63 bits per heavy atom. The predicted molar refractivity (Wildman–Crippen MR) is 113 cm³/mol. The van der Waals surface area contributed by atoms with Crippen molar-refractivity contribution in [3.05, 3.63) is 99.5 Å². The molecule has 1 amide bonds. The molecule has 0 unspecified atom stereocenters. The maximum absolute atomic E-state index is 12.3. The fourth-order valence-corrected chi connectivity index (χ4v) is 2.98. The SMILES string of the molecule is C[C@H](NCc1ccc(C(=O)Nc2ccccc2)cc1)c1ccc(Cl)c(Cl)c1. The highest BCUT2D eigenvalue weighted by molar-refractivity contribution is 6.42. The van der Waals surface area contributed by atoms with E-state index in [2.05, 4.69) is 17.6 Å². The lowest BCUT2D eigenvalue weighted by molar-refractivity contribution is 0.102. The fourth-order valence-electron chi connectivity index (χ4n) is 2.67. The van der Waals surface area contributed by atoms with E-state index in [0.29, 0.717) is 22.2 Å². The van der Waals surface area contributed by atoms with Gasteiger partial charge in [-0.05, 0) is 54.4 Å². The van der Waals surface area contributed by atoms with Gasteiger partial charge >= 0.3 is 0 Å². The topological polar surface area (TPSA) is 41.1 Å². The highest BCUT2D eigenvalue weighted by atomic mass is 35.5. The van der Waals surface area contributed by atoms with E-state index >= 15 is 0 Å². The lowest BCUT2D eigenvalue weighted by atomic mass is 10.1. The third-order valence-corrected chi connectivity index (χ3v) is 5.04. The van der Waals surface area contributed by atoms with Crippen molar-refractivity contribution in [1.29, 1.82) is 0 Å². The van der Waals surface area contributed by atoms with Gasteiger partial charge in [0.2, 0.25) is 0 Å². The number of halogens is 2. The molecule has 0 aromatic heterocycles. The summed E-state index contributed by atoms with van der Waals surface area (Å²) < 4.78 is 0. The molecule has 138 valence electrons. The summed E-state index contributed by atoms with van der Waals surface area (Å²) in [6.45, 7) is 2.75. The minimum atomic E-state index is -0.120. The van der Waals surface area contributed by atoms with Crippen LogP contribution in [0.1, 0.15) is 34.5 Å². The van der Waals surface area contributed by atoms with E-state index < -0.39 is 0 Å². The molecular weight excluding hydrogens is 379 g/mol. The molecule has 0 bridgehead atoms. The Morgan fingerprint density at radius 1 is 0.926 bits per heavy atom. The van der Waals surface area contributed by atoms with Gasteiger partial charge in [-0.25, -0.2) is 0 Å². The molecule has 0 heterocycles. The first-order valence-electron chi connectivity index (χ1n) is 8.66. The van der Waals surface area contributed by atoms with Crippen LogP contribution in [0.2, 0.25) is 10.0 Å². The minimum Gasteiger partial charge on any atom is -0.322 e. The van der Waals surface area contributed by atoms with Crippen molar-refractivity contribution >= 4 is 34.8 Å². The van der Waals surface area contributed by atoms with Crippen LogP contribution in [0.25, 0.3) is 0 Å². The molecule has 5 heteroatoms. The van der Waals surface area contributed by atoms with Gasteiger partial charge in [-0.15, -0.1) is 0 Å². The Hall–Kier alpha value is -2.33. The van der Waals surface area contributed by atoms with Crippen LogP contribution in [0.5, 0.6) is 0 Å². The zero-order chi connectivity index (χ0) is 19.2. The molecule has 0 aliphatic rings. The van der Waals surface area contributed by atoms with E-state index in [1.807, 2.05) is 66.7 Å². The number of carbonyl (C=O) groups is 1. The summed E-state index contributed by atoms with van der Waals surface area (Å²) >= 11 is 12.0. The molecule has 27 heavy (non-hydrogen) atoms. The second kappa shape index (κ2) is 9.05. The van der Waals surface area contributed by atoms with Gasteiger partial charge in [0, 0.05) is 23.8 Å². The van der Waals surface area contributed by atoms with E-state index in [1.54, 1.807) is 6.07 Å². The zero-order valence-electron chi connectivity index (χ0n) is 14.9. The van der Waals surface area contributed by atoms with Crippen LogP contribution < -0.4 is 10.6 Å². The van der Waals surface area contributed by atoms with Gasteiger partial charge in [-0.2, -0.15) is 0 Å². The van der Waals surface area contributed by atoms with E-state index in [1.165, 1.54) is 0 Å². The average molecular weight is 399 g/mol. The largest absolute Gasteiger partial charge is 0.322 e. The van der Waals surface area contributed by atoms with Gasteiger partial charge in [-0.1, -0.05) is 59.6 Å². The monoisotopic (exact) mass is 398 g/mol. The molecule has 0 saturated carbocycles. The molecule has 0 radical (unpaired) electrons. The zero-order valence-corrected chi connectivity index (χ0v) is 16.4. The van der Waals surface area contributed by atoms with Gasteiger partial charge in [0.1, 0.15) is 0 Å². The summed E-state index contributed by atoms with van der Waals surface area (Å²) in [5, 5.41) is 7.43. The maximum atomic E-state index is 12.3. The molecule has 0 aliphatic heterocycles. The van der Waals surface area contributed by atoms with Crippen molar-refractivity contribution < 1.29 is 4.79 Å². The van der Waals surface area contributed by atoms with Crippen LogP contribution in [-0.4, -0.2) is 5.91 Å². The normalized spacial score (nSPS) is 11.8. The first kappa shape index (κ1) is 19.4. The van der Waals surface area contributed by atoms with Crippen molar-refractivity contribution in [2.45, 2.75) is 19.5 Å². The molecule has 3 aromatic carbocycles. The number of rotatable bonds is 6. The molecule has 0 saturated heterocycles. The van der Waals surface area contributed by atoms with Gasteiger partial charge in [0.25, 0.3) is 5.91 Å². The van der Waals surface area contributed by atoms with E-state index in [4.69, 9.17) is 23.2 Å². The Bertz CT molecular complexity index is 911. The minimum absolute atomic E-state index is 0.120. The second-order valence-electron chi connectivity index (χ2n) is 6.29. The summed E-state index contributed by atoms with van der Waals surface area (Å²) in [6, 6.07) is 22.7. The summed E-state index contributed by atoms with van der Waals surface area (Å²) in [7, 11) is 0. The highest BCUT2D eigenvalue weighted by Crippen LogP contribution is 2.25. The van der Waals surface area contributed by atoms with Crippen LogP contribution >= 0.6 is 23.2 Å². The first-order valence-corrected chi connectivity index (χ1v) is 9.42. The number of para-hydroxylation sites is 1. The van der Waals surface area contributed by atoms with Gasteiger partial charge in [-0.3, -0.25) is 4.79 Å². The third kappa shape index (κ3) is 5.33. The molecule has 1 atom stereocenters. The molecule has 0 spiro atoms. The van der Waals surface area contributed by atoms with Crippen molar-refractivity contribution in [3.8, 4) is 0 Å². The summed E-state index contributed by atoms with van der Waals surface area (Å²) in [5.41, 5.74) is 3.57. The second-order valence-corrected chi connectivity index (χ2v) is 7.11. The molecule has 3 rings (SSSR count). The number of benzene rings is 3. The van der Waals surface area contributed by atoms with Gasteiger partial charge < -0.3 is 10.6 Å². The van der Waals surface area contributed by atoms with Crippen LogP contribution in [0.15, 0.2) is 72.8 Å². The molecular formula is C22H20Cl2N2O. The van der Waals surface area contributed by atoms with E-state index in [-0.39, 0.29) is 11.9 Å². The highest BCUT2D eigenvalue weighted by Gasteiger charge is 2.09. The number of amides is 1. The molecule has 3 nitrogen and oxygen atoms in total. The van der Waals surface area contributed by atoms with Crippen molar-refractivity contribution in [2.24, 2.45) is 0 Å². The lowest BCUT2D eigenvalue weighted by Gasteiger charge is -2.15. The quantitative estimate of drug-likeness (QED) is 0.526. The van der Waals surface area contributed by atoms with Crippen molar-refractivity contribution in [3.63, 3.8) is 0 Å². The summed E-state index contributed by atoms with van der Waals surface area (Å²) in [4.78, 5) is 12.3. The lowest BCUT2D eigenvalue weighted by Crippen LogP contribution is -2.18. The maximum Gasteiger partial charge on any atom is 0.255 e. The number of hydrogen-bond donors (Lipinski definition) is 2.